The van der Waals surface area contributed by atoms with E-state index in [1.807, 2.05) is 0 Å². The van der Waals surface area contributed by atoms with Gasteiger partial charge in [-0.1, -0.05) is 12.2 Å². The Labute approximate surface area is 71.4 Å². The lowest BCUT2D eigenvalue weighted by molar-refractivity contribution is -0.121. The lowest BCUT2D eigenvalue weighted by atomic mass is 9.90. The average molecular weight is 171 g/mol. The van der Waals surface area contributed by atoms with Gasteiger partial charge >= 0.3 is 0 Å². The van der Waals surface area contributed by atoms with Crippen LogP contribution in [0.1, 0.15) is 13.3 Å². The van der Waals surface area contributed by atoms with Crippen molar-refractivity contribution < 1.29 is 4.79 Å². The second-order valence-electron chi connectivity index (χ2n) is 3.53. The number of Topliss-reactive ketones (excluding diaryl/α,β-unsaturated/α-hetero) is 1. The average Bonchev–Trinajstić information content (AvgIpc) is 2.44. The van der Waals surface area contributed by atoms with E-state index in [-0.39, 0.29) is 17.1 Å². The number of halogens is 1. The van der Waals surface area contributed by atoms with Crippen molar-refractivity contribution in [1.29, 1.82) is 0 Å². The Morgan fingerprint density at radius 3 is 2.45 bits per heavy atom. The highest BCUT2D eigenvalue weighted by atomic mass is 35.5. The van der Waals surface area contributed by atoms with Gasteiger partial charge in [-0.2, -0.15) is 0 Å². The number of carbonyl (C=O) groups is 1. The van der Waals surface area contributed by atoms with Gasteiger partial charge in [0.05, 0.1) is 5.38 Å². The Kier molecular flexibility index (Phi) is 1.57. The van der Waals surface area contributed by atoms with Gasteiger partial charge in [0.1, 0.15) is 5.78 Å². The van der Waals surface area contributed by atoms with Crippen LogP contribution in [0.3, 0.4) is 0 Å². The summed E-state index contributed by atoms with van der Waals surface area (Å²) in [5.41, 5.74) is 0. The molecule has 0 aromatic carbocycles. The molecular weight excluding hydrogens is 160 g/mol. The highest BCUT2D eigenvalue weighted by Crippen LogP contribution is 2.46. The largest absolute Gasteiger partial charge is 0.300 e. The van der Waals surface area contributed by atoms with Crippen LogP contribution in [0.25, 0.3) is 0 Å². The Balaban J connectivity index is 2.25. The molecule has 1 nitrogen and oxygen atoms in total. The van der Waals surface area contributed by atoms with Crippen molar-refractivity contribution in [1.82, 2.24) is 0 Å². The van der Waals surface area contributed by atoms with Crippen LogP contribution in [0.2, 0.25) is 0 Å². The van der Waals surface area contributed by atoms with Gasteiger partial charge in [0.2, 0.25) is 0 Å². The number of rotatable bonds is 1. The number of alkyl halides is 1. The van der Waals surface area contributed by atoms with E-state index in [1.165, 1.54) is 0 Å². The van der Waals surface area contributed by atoms with Crippen LogP contribution in [0.5, 0.6) is 0 Å². The molecule has 11 heavy (non-hydrogen) atoms. The molecule has 0 spiro atoms. The summed E-state index contributed by atoms with van der Waals surface area (Å²) in [4.78, 5) is 11.1. The molecule has 0 N–H and O–H groups in total. The Morgan fingerprint density at radius 2 is 2.09 bits per heavy atom. The molecule has 1 saturated carbocycles. The van der Waals surface area contributed by atoms with Crippen molar-refractivity contribution in [3.8, 4) is 0 Å². The van der Waals surface area contributed by atoms with Crippen molar-refractivity contribution in [2.45, 2.75) is 18.7 Å². The summed E-state index contributed by atoms with van der Waals surface area (Å²) in [5, 5.41) is 0.0718. The maximum absolute atomic E-state index is 11.1. The van der Waals surface area contributed by atoms with E-state index in [2.05, 4.69) is 12.2 Å². The fourth-order valence-corrected chi connectivity index (χ4v) is 2.84. The molecule has 2 aliphatic rings. The first-order valence-electron chi connectivity index (χ1n) is 4.03. The second-order valence-corrected chi connectivity index (χ2v) is 4.03. The lowest BCUT2D eigenvalue weighted by Gasteiger charge is -2.19. The lowest BCUT2D eigenvalue weighted by Crippen LogP contribution is -2.25. The maximum atomic E-state index is 11.1. The van der Waals surface area contributed by atoms with Crippen LogP contribution in [0.4, 0.5) is 0 Å². The van der Waals surface area contributed by atoms with Gasteiger partial charge in [-0.25, -0.2) is 0 Å². The molecule has 0 radical (unpaired) electrons. The van der Waals surface area contributed by atoms with Gasteiger partial charge in [0.25, 0.3) is 0 Å². The zero-order valence-corrected chi connectivity index (χ0v) is 7.21. The van der Waals surface area contributed by atoms with E-state index in [0.717, 1.165) is 6.42 Å². The molecule has 2 heteroatoms. The summed E-state index contributed by atoms with van der Waals surface area (Å²) in [6.07, 6.45) is 5.40. The van der Waals surface area contributed by atoms with E-state index in [4.69, 9.17) is 11.6 Å². The zero-order chi connectivity index (χ0) is 8.01. The molecule has 0 aromatic heterocycles. The third kappa shape index (κ3) is 0.943. The van der Waals surface area contributed by atoms with Gasteiger partial charge in [-0.15, -0.1) is 11.6 Å². The van der Waals surface area contributed by atoms with Crippen LogP contribution in [-0.4, -0.2) is 11.2 Å². The molecule has 0 saturated heterocycles. The molecule has 2 rings (SSSR count). The maximum Gasteiger partial charge on any atom is 0.134 e. The topological polar surface area (TPSA) is 17.1 Å². The Morgan fingerprint density at radius 1 is 1.45 bits per heavy atom. The Hall–Kier alpha value is -0.300. The predicted molar refractivity (Wildman–Crippen MR) is 44.5 cm³/mol. The van der Waals surface area contributed by atoms with Crippen LogP contribution < -0.4 is 0 Å². The van der Waals surface area contributed by atoms with E-state index < -0.39 is 0 Å². The van der Waals surface area contributed by atoms with Crippen molar-refractivity contribution in [3.63, 3.8) is 0 Å². The number of ketones is 1. The van der Waals surface area contributed by atoms with Gasteiger partial charge in [-0.3, -0.25) is 4.79 Å². The van der Waals surface area contributed by atoms with Gasteiger partial charge in [0.15, 0.2) is 0 Å². The summed E-state index contributed by atoms with van der Waals surface area (Å²) >= 11 is 6.10. The van der Waals surface area contributed by atoms with Crippen LogP contribution >= 0.6 is 11.6 Å². The SMILES string of the molecule is CC(=O)C1C2C=CC(C2)C1Cl. The number of fused-ring (bicyclic) bond motifs is 2. The van der Waals surface area contributed by atoms with Gasteiger partial charge < -0.3 is 0 Å². The van der Waals surface area contributed by atoms with Crippen LogP contribution in [0.15, 0.2) is 12.2 Å². The predicted octanol–water partition coefficient (Wildman–Crippen LogP) is 2.00. The zero-order valence-electron chi connectivity index (χ0n) is 6.46. The highest BCUT2D eigenvalue weighted by molar-refractivity contribution is 6.23. The molecule has 4 atom stereocenters. The molecule has 2 bridgehead atoms. The van der Waals surface area contributed by atoms with Crippen molar-refractivity contribution in [3.05, 3.63) is 12.2 Å². The van der Waals surface area contributed by atoms with Crippen molar-refractivity contribution in [2.75, 3.05) is 0 Å². The molecule has 0 aromatic rings. The molecule has 60 valence electrons. The first-order valence-corrected chi connectivity index (χ1v) is 4.46. The molecule has 0 amide bonds. The fraction of sp³-hybridized carbons (Fsp3) is 0.667. The second kappa shape index (κ2) is 2.34. The minimum absolute atomic E-state index is 0.0718. The smallest absolute Gasteiger partial charge is 0.134 e. The first-order chi connectivity index (χ1) is 5.20. The normalized spacial score (nSPS) is 46.7. The molecule has 0 heterocycles. The molecular formula is C9H11ClO. The fourth-order valence-electron chi connectivity index (χ4n) is 2.29. The summed E-state index contributed by atoms with van der Waals surface area (Å²) in [6.45, 7) is 1.65. The van der Waals surface area contributed by atoms with Crippen LogP contribution in [0, 0.1) is 17.8 Å². The standard InChI is InChI=1S/C9H11ClO/c1-5(11)8-6-2-3-7(4-6)9(8)10/h2-3,6-9H,4H2,1H3. The van der Waals surface area contributed by atoms with E-state index in [0.29, 0.717) is 11.8 Å². The van der Waals surface area contributed by atoms with Gasteiger partial charge in [0, 0.05) is 5.92 Å². The summed E-state index contributed by atoms with van der Waals surface area (Å²) in [6, 6.07) is 0. The number of hydrogen-bond donors (Lipinski definition) is 0. The summed E-state index contributed by atoms with van der Waals surface area (Å²) < 4.78 is 0. The van der Waals surface area contributed by atoms with Crippen LogP contribution in [-0.2, 0) is 4.79 Å². The number of allylic oxidation sites excluding steroid dienone is 2. The van der Waals surface area contributed by atoms with Crippen molar-refractivity contribution >= 4 is 17.4 Å². The van der Waals surface area contributed by atoms with E-state index in [1.54, 1.807) is 6.92 Å². The third-order valence-electron chi connectivity index (χ3n) is 2.83. The molecule has 0 aliphatic heterocycles. The molecule has 4 unspecified atom stereocenters. The quantitative estimate of drug-likeness (QED) is 0.435. The minimum Gasteiger partial charge on any atom is -0.300 e. The first kappa shape index (κ1) is 7.35. The minimum atomic E-state index is 0.0718. The Bertz CT molecular complexity index is 222. The third-order valence-corrected chi connectivity index (χ3v) is 3.43. The van der Waals surface area contributed by atoms with Crippen molar-refractivity contribution in [2.24, 2.45) is 17.8 Å². The monoisotopic (exact) mass is 170 g/mol. The summed E-state index contributed by atoms with van der Waals surface area (Å²) in [7, 11) is 0. The van der Waals surface area contributed by atoms with E-state index >= 15 is 0 Å². The molecule has 1 fully saturated rings. The highest BCUT2D eigenvalue weighted by Gasteiger charge is 2.45. The van der Waals surface area contributed by atoms with Gasteiger partial charge in [-0.05, 0) is 25.2 Å². The van der Waals surface area contributed by atoms with E-state index in [9.17, 15) is 4.79 Å². The molecule has 2 aliphatic carbocycles. The number of hydrogen-bond acceptors (Lipinski definition) is 1. The number of carbonyl (C=O) groups excluding carboxylic acids is 1. The summed E-state index contributed by atoms with van der Waals surface area (Å²) in [5.74, 6) is 1.27.